The minimum Gasteiger partial charge on any atom is -0.326 e. The molecule has 29 heavy (non-hydrogen) atoms. The Morgan fingerprint density at radius 2 is 1.59 bits per heavy atom. The topological polar surface area (TPSA) is 79.7 Å². The fraction of sp³-hybridized carbons (Fsp3) is 0.348. The molecule has 0 bridgehead atoms. The second-order valence-electron chi connectivity index (χ2n) is 7.64. The van der Waals surface area contributed by atoms with Gasteiger partial charge in [-0.05, 0) is 38.1 Å². The van der Waals surface area contributed by atoms with Crippen molar-refractivity contribution < 1.29 is 19.3 Å². The van der Waals surface area contributed by atoms with Gasteiger partial charge in [0.15, 0.2) is 11.8 Å². The van der Waals surface area contributed by atoms with E-state index in [4.69, 9.17) is 0 Å². The first-order valence-electron chi connectivity index (χ1n) is 10.1. The van der Waals surface area contributed by atoms with E-state index >= 15 is 0 Å². The molecule has 2 aromatic carbocycles. The van der Waals surface area contributed by atoms with Gasteiger partial charge in [-0.1, -0.05) is 30.3 Å². The molecule has 0 spiro atoms. The van der Waals surface area contributed by atoms with Crippen LogP contribution in [0.25, 0.3) is 0 Å². The highest BCUT2D eigenvalue weighted by molar-refractivity contribution is 5.98. The summed E-state index contributed by atoms with van der Waals surface area (Å²) in [7, 11) is 0. The first kappa shape index (κ1) is 20.7. The van der Waals surface area contributed by atoms with E-state index in [1.54, 1.807) is 24.3 Å². The van der Waals surface area contributed by atoms with Gasteiger partial charge in [0.25, 0.3) is 5.91 Å². The third-order valence-electron chi connectivity index (χ3n) is 5.58. The monoisotopic (exact) mass is 394 g/mol. The molecule has 1 aliphatic heterocycles. The molecule has 152 valence electrons. The average Bonchev–Trinajstić information content (AvgIpc) is 2.74. The van der Waals surface area contributed by atoms with Crippen LogP contribution in [0.4, 0.5) is 11.4 Å². The minimum atomic E-state index is -0.228. The van der Waals surface area contributed by atoms with Crippen molar-refractivity contribution in [1.29, 1.82) is 0 Å². The van der Waals surface area contributed by atoms with Gasteiger partial charge in [-0.3, -0.25) is 14.4 Å². The summed E-state index contributed by atoms with van der Waals surface area (Å²) < 4.78 is 0. The lowest BCUT2D eigenvalue weighted by molar-refractivity contribution is -0.919. The Balaban J connectivity index is 1.51. The van der Waals surface area contributed by atoms with E-state index < -0.39 is 0 Å². The lowest BCUT2D eigenvalue weighted by Gasteiger charge is -2.32. The Morgan fingerprint density at radius 1 is 0.931 bits per heavy atom. The van der Waals surface area contributed by atoms with Gasteiger partial charge in [-0.2, -0.15) is 0 Å². The van der Waals surface area contributed by atoms with E-state index in [0.717, 1.165) is 31.6 Å². The van der Waals surface area contributed by atoms with Crippen LogP contribution in [-0.4, -0.2) is 36.7 Å². The number of quaternary nitrogens is 1. The van der Waals surface area contributed by atoms with Crippen molar-refractivity contribution in [3.05, 3.63) is 60.2 Å². The summed E-state index contributed by atoms with van der Waals surface area (Å²) in [6.45, 7) is 4.96. The number of amides is 2. The number of hydrogen-bond acceptors (Lipinski definition) is 3. The number of carbonyl (C=O) groups excluding carboxylic acids is 3. The van der Waals surface area contributed by atoms with Gasteiger partial charge in [0, 0.05) is 35.7 Å². The normalized spacial score (nSPS) is 19.8. The number of ketones is 1. The zero-order valence-corrected chi connectivity index (χ0v) is 16.9. The molecule has 2 amide bonds. The number of rotatable bonds is 6. The summed E-state index contributed by atoms with van der Waals surface area (Å²) in [5.74, 6) is -0.0848. The fourth-order valence-electron chi connectivity index (χ4n) is 3.70. The standard InChI is InChI=1S/C23H27N3O3/c1-16(22(28)25-21-10-6-7-19(15-21)17(2)27)26-13-11-18(12-14-26)23(29)24-20-8-4-3-5-9-20/h3-10,15-16,18H,11-14H2,1-2H3,(H,24,29)(H,25,28)/p+1/t16-/m0/s1. The number of para-hydroxylation sites is 1. The lowest BCUT2D eigenvalue weighted by atomic mass is 9.94. The van der Waals surface area contributed by atoms with Crippen LogP contribution in [0.3, 0.4) is 0 Å². The van der Waals surface area contributed by atoms with Crippen molar-refractivity contribution >= 4 is 29.0 Å². The molecule has 1 atom stereocenters. The van der Waals surface area contributed by atoms with Crippen LogP contribution < -0.4 is 15.5 Å². The smallest absolute Gasteiger partial charge is 0.282 e. The van der Waals surface area contributed by atoms with Gasteiger partial charge in [-0.25, -0.2) is 0 Å². The number of nitrogens with one attached hydrogen (secondary N) is 3. The summed E-state index contributed by atoms with van der Waals surface area (Å²) in [6, 6.07) is 16.2. The Morgan fingerprint density at radius 3 is 2.24 bits per heavy atom. The second kappa shape index (κ2) is 9.47. The Labute approximate surface area is 171 Å². The van der Waals surface area contributed by atoms with Crippen LogP contribution in [0.1, 0.15) is 37.0 Å². The summed E-state index contributed by atoms with van der Waals surface area (Å²) in [5.41, 5.74) is 2.02. The molecule has 1 heterocycles. The van der Waals surface area contributed by atoms with Crippen LogP contribution in [-0.2, 0) is 9.59 Å². The van der Waals surface area contributed by atoms with E-state index in [2.05, 4.69) is 10.6 Å². The summed E-state index contributed by atoms with van der Waals surface area (Å²) in [5, 5.41) is 5.88. The van der Waals surface area contributed by atoms with Crippen molar-refractivity contribution in [3.63, 3.8) is 0 Å². The van der Waals surface area contributed by atoms with Gasteiger partial charge in [-0.15, -0.1) is 0 Å². The maximum Gasteiger partial charge on any atom is 0.282 e. The molecule has 6 nitrogen and oxygen atoms in total. The van der Waals surface area contributed by atoms with E-state index in [1.165, 1.54) is 11.8 Å². The molecular formula is C23H28N3O3+. The molecule has 0 aliphatic carbocycles. The number of carbonyl (C=O) groups is 3. The molecule has 3 rings (SSSR count). The first-order chi connectivity index (χ1) is 13.9. The maximum absolute atomic E-state index is 12.7. The lowest BCUT2D eigenvalue weighted by Crippen LogP contribution is -3.17. The average molecular weight is 394 g/mol. The van der Waals surface area contributed by atoms with E-state index in [0.29, 0.717) is 11.3 Å². The van der Waals surface area contributed by atoms with Gasteiger partial charge in [0.2, 0.25) is 5.91 Å². The zero-order chi connectivity index (χ0) is 20.8. The third kappa shape index (κ3) is 5.51. The zero-order valence-electron chi connectivity index (χ0n) is 16.9. The third-order valence-corrected chi connectivity index (χ3v) is 5.58. The van der Waals surface area contributed by atoms with Gasteiger partial charge >= 0.3 is 0 Å². The van der Waals surface area contributed by atoms with Crippen LogP contribution >= 0.6 is 0 Å². The number of hydrogen-bond donors (Lipinski definition) is 3. The van der Waals surface area contributed by atoms with Crippen molar-refractivity contribution in [2.24, 2.45) is 5.92 Å². The summed E-state index contributed by atoms with van der Waals surface area (Å²) in [6.07, 6.45) is 1.51. The van der Waals surface area contributed by atoms with Crippen LogP contribution in [0, 0.1) is 5.92 Å². The number of Topliss-reactive ketones (excluding diaryl/α,β-unsaturated/α-hetero) is 1. The molecule has 0 radical (unpaired) electrons. The van der Waals surface area contributed by atoms with E-state index in [9.17, 15) is 14.4 Å². The molecule has 3 N–H and O–H groups in total. The van der Waals surface area contributed by atoms with Crippen LogP contribution in [0.15, 0.2) is 54.6 Å². The number of benzene rings is 2. The molecular weight excluding hydrogens is 366 g/mol. The molecule has 1 saturated heterocycles. The van der Waals surface area contributed by atoms with E-state index in [1.807, 2.05) is 37.3 Å². The molecule has 0 saturated carbocycles. The molecule has 1 fully saturated rings. The SMILES string of the molecule is CC(=O)c1cccc(NC(=O)[C@H](C)[NH+]2CCC(C(=O)Nc3ccccc3)CC2)c1. The number of likely N-dealkylation sites (tertiary alicyclic amines) is 1. The highest BCUT2D eigenvalue weighted by Gasteiger charge is 2.33. The van der Waals surface area contributed by atoms with Crippen molar-refractivity contribution in [3.8, 4) is 0 Å². The molecule has 0 aromatic heterocycles. The molecule has 2 aromatic rings. The fourth-order valence-corrected chi connectivity index (χ4v) is 3.70. The quantitative estimate of drug-likeness (QED) is 0.657. The Bertz CT molecular complexity index is 874. The highest BCUT2D eigenvalue weighted by Crippen LogP contribution is 2.15. The molecule has 6 heteroatoms. The van der Waals surface area contributed by atoms with Gasteiger partial charge in [0.05, 0.1) is 13.1 Å². The van der Waals surface area contributed by atoms with Crippen LogP contribution in [0.5, 0.6) is 0 Å². The van der Waals surface area contributed by atoms with Crippen molar-refractivity contribution in [2.75, 3.05) is 23.7 Å². The predicted octanol–water partition coefficient (Wildman–Crippen LogP) is 2.15. The van der Waals surface area contributed by atoms with Crippen molar-refractivity contribution in [2.45, 2.75) is 32.7 Å². The number of anilines is 2. The Kier molecular flexibility index (Phi) is 6.77. The van der Waals surface area contributed by atoms with Gasteiger partial charge < -0.3 is 15.5 Å². The minimum absolute atomic E-state index is 0.0264. The summed E-state index contributed by atoms with van der Waals surface area (Å²) in [4.78, 5) is 37.8. The highest BCUT2D eigenvalue weighted by atomic mass is 16.2. The summed E-state index contributed by atoms with van der Waals surface area (Å²) >= 11 is 0. The van der Waals surface area contributed by atoms with Gasteiger partial charge in [0.1, 0.15) is 0 Å². The van der Waals surface area contributed by atoms with Crippen molar-refractivity contribution in [1.82, 2.24) is 0 Å². The number of piperidine rings is 1. The second-order valence-corrected chi connectivity index (χ2v) is 7.64. The Hall–Kier alpha value is -2.99. The molecule has 0 unspecified atom stereocenters. The largest absolute Gasteiger partial charge is 0.326 e. The molecule has 1 aliphatic rings. The maximum atomic E-state index is 12.7. The predicted molar refractivity (Wildman–Crippen MR) is 113 cm³/mol. The first-order valence-corrected chi connectivity index (χ1v) is 10.1. The van der Waals surface area contributed by atoms with E-state index in [-0.39, 0.29) is 29.6 Å². The van der Waals surface area contributed by atoms with Crippen LogP contribution in [0.2, 0.25) is 0 Å².